The van der Waals surface area contributed by atoms with Crippen LogP contribution in [0, 0.1) is 20.8 Å². The van der Waals surface area contributed by atoms with Crippen LogP contribution in [0.15, 0.2) is 70.6 Å². The van der Waals surface area contributed by atoms with Gasteiger partial charge in [-0.2, -0.15) is 0 Å². The van der Waals surface area contributed by atoms with Crippen LogP contribution in [0.2, 0.25) is 0 Å². The normalized spacial score (nSPS) is 13.8. The van der Waals surface area contributed by atoms with E-state index in [1.165, 1.54) is 23.8 Å². The number of hydrogen-bond acceptors (Lipinski definition) is 4. The summed E-state index contributed by atoms with van der Waals surface area (Å²) < 4.78 is 29.9. The highest BCUT2D eigenvalue weighted by atomic mass is 32.2. The molecule has 0 saturated carbocycles. The van der Waals surface area contributed by atoms with Gasteiger partial charge in [0.1, 0.15) is 5.84 Å². The second-order valence-electron chi connectivity index (χ2n) is 8.39. The Kier molecular flexibility index (Phi) is 6.70. The molecule has 0 atom stereocenters. The number of carbonyl (C=O) groups excluding carboxylic acids is 1. The third kappa shape index (κ3) is 5.28. The third-order valence-electron chi connectivity index (χ3n) is 5.72. The fourth-order valence-corrected chi connectivity index (χ4v) is 5.11. The average Bonchev–Trinajstić information content (AvgIpc) is 3.40. The van der Waals surface area contributed by atoms with Gasteiger partial charge in [-0.05, 0) is 75.2 Å². The van der Waals surface area contributed by atoms with Crippen LogP contribution in [0.3, 0.4) is 0 Å². The van der Waals surface area contributed by atoms with Gasteiger partial charge in [-0.3, -0.25) is 14.5 Å². The van der Waals surface area contributed by atoms with E-state index in [1.54, 1.807) is 18.2 Å². The Bertz CT molecular complexity index is 1380. The van der Waals surface area contributed by atoms with E-state index in [0.29, 0.717) is 24.5 Å². The summed E-state index contributed by atoms with van der Waals surface area (Å²) >= 11 is 0. The molecule has 0 saturated heterocycles. The van der Waals surface area contributed by atoms with Crippen molar-refractivity contribution in [3.05, 3.63) is 83.2 Å². The van der Waals surface area contributed by atoms with E-state index in [2.05, 4.69) is 50.8 Å². The molecule has 0 spiro atoms. The highest BCUT2D eigenvalue weighted by Crippen LogP contribution is 2.22. The van der Waals surface area contributed by atoms with Crippen molar-refractivity contribution >= 4 is 33.5 Å². The molecule has 2 heterocycles. The molecule has 1 aliphatic rings. The van der Waals surface area contributed by atoms with Gasteiger partial charge in [0.15, 0.2) is 0 Å². The predicted molar refractivity (Wildman–Crippen MR) is 136 cm³/mol. The summed E-state index contributed by atoms with van der Waals surface area (Å²) in [5.74, 6) is 0.128. The molecule has 0 bridgehead atoms. The topological polar surface area (TPSA) is 92.6 Å². The number of aromatic nitrogens is 1. The van der Waals surface area contributed by atoms with Gasteiger partial charge in [0.25, 0.3) is 10.0 Å². The Morgan fingerprint density at radius 1 is 1.06 bits per heavy atom. The maximum absolute atomic E-state index is 12.6. The van der Waals surface area contributed by atoms with Crippen molar-refractivity contribution in [2.24, 2.45) is 4.99 Å². The van der Waals surface area contributed by atoms with Crippen LogP contribution in [-0.2, 0) is 14.8 Å². The van der Waals surface area contributed by atoms with Crippen LogP contribution in [0.1, 0.15) is 35.4 Å². The zero-order valence-electron chi connectivity index (χ0n) is 19.5. The molecule has 34 heavy (non-hydrogen) atoms. The van der Waals surface area contributed by atoms with E-state index in [1.807, 2.05) is 19.9 Å². The molecule has 0 fully saturated rings. The number of aliphatic imine (C=N–C) groups is 1. The Morgan fingerprint density at radius 3 is 2.53 bits per heavy atom. The number of benzene rings is 2. The van der Waals surface area contributed by atoms with Crippen molar-refractivity contribution in [3.63, 3.8) is 0 Å². The number of nitrogens with zero attached hydrogens (tertiary/aromatic N) is 2. The first kappa shape index (κ1) is 23.5. The minimum atomic E-state index is -3.75. The lowest BCUT2D eigenvalue weighted by molar-refractivity contribution is -0.111. The first-order valence-corrected chi connectivity index (χ1v) is 12.6. The van der Waals surface area contributed by atoms with Gasteiger partial charge in [0, 0.05) is 41.8 Å². The van der Waals surface area contributed by atoms with Gasteiger partial charge in [0.2, 0.25) is 5.91 Å². The molecular formula is C26H28N4O3S. The number of amides is 1. The molecule has 0 aliphatic carbocycles. The number of hydrogen-bond donors (Lipinski definition) is 2. The summed E-state index contributed by atoms with van der Waals surface area (Å²) in [5.41, 5.74) is 5.70. The highest BCUT2D eigenvalue weighted by Gasteiger charge is 2.18. The lowest BCUT2D eigenvalue weighted by Crippen LogP contribution is -2.29. The Hall–Kier alpha value is -3.65. The Labute approximate surface area is 200 Å². The van der Waals surface area contributed by atoms with Crippen molar-refractivity contribution < 1.29 is 13.2 Å². The average molecular weight is 477 g/mol. The first-order valence-electron chi connectivity index (χ1n) is 11.1. The first-order chi connectivity index (χ1) is 16.2. The van der Waals surface area contributed by atoms with Crippen molar-refractivity contribution in [1.82, 2.24) is 9.29 Å². The highest BCUT2D eigenvalue weighted by molar-refractivity contribution is 7.90. The van der Waals surface area contributed by atoms with Crippen LogP contribution in [0.25, 0.3) is 11.8 Å². The maximum atomic E-state index is 12.6. The van der Waals surface area contributed by atoms with Gasteiger partial charge >= 0.3 is 0 Å². The molecule has 176 valence electrons. The molecule has 0 unspecified atom stereocenters. The van der Waals surface area contributed by atoms with Gasteiger partial charge in [0.05, 0.1) is 4.90 Å². The van der Waals surface area contributed by atoms with Gasteiger partial charge in [-0.15, -0.1) is 0 Å². The molecular weight excluding hydrogens is 448 g/mol. The molecule has 1 aromatic heterocycles. The van der Waals surface area contributed by atoms with Crippen molar-refractivity contribution in [1.29, 1.82) is 0 Å². The van der Waals surface area contributed by atoms with Crippen LogP contribution in [0.4, 0.5) is 5.69 Å². The zero-order chi connectivity index (χ0) is 24.3. The van der Waals surface area contributed by atoms with Gasteiger partial charge in [-0.25, -0.2) is 8.42 Å². The van der Waals surface area contributed by atoms with Crippen molar-refractivity contribution in [2.75, 3.05) is 11.9 Å². The fourth-order valence-electron chi connectivity index (χ4n) is 3.97. The maximum Gasteiger partial charge on any atom is 0.262 e. The number of anilines is 1. The summed E-state index contributed by atoms with van der Waals surface area (Å²) in [5, 5.41) is 2.74. The molecule has 4 rings (SSSR count). The fraction of sp³-hybridized carbons (Fsp3) is 0.231. The lowest BCUT2D eigenvalue weighted by Gasteiger charge is -2.10. The van der Waals surface area contributed by atoms with Crippen LogP contribution in [-0.4, -0.2) is 31.3 Å². The van der Waals surface area contributed by atoms with E-state index >= 15 is 0 Å². The summed E-state index contributed by atoms with van der Waals surface area (Å²) in [6.07, 6.45) is 4.68. The van der Waals surface area contributed by atoms with E-state index < -0.39 is 10.0 Å². The SMILES string of the molecule is Cc1ccc(-n2c(C)cc(/C=C/C(=O)Nc3cccc(S(=O)(=O)NC4=NCCC4)c3)c2C)cc1. The molecule has 2 aromatic carbocycles. The molecule has 0 radical (unpaired) electrons. The summed E-state index contributed by atoms with van der Waals surface area (Å²) in [6, 6.07) is 16.5. The number of amidine groups is 1. The Morgan fingerprint density at radius 2 is 1.82 bits per heavy atom. The smallest absolute Gasteiger partial charge is 0.262 e. The number of nitrogens with one attached hydrogen (secondary N) is 2. The van der Waals surface area contributed by atoms with E-state index in [-0.39, 0.29) is 10.8 Å². The molecule has 7 nitrogen and oxygen atoms in total. The summed E-state index contributed by atoms with van der Waals surface area (Å²) in [6.45, 7) is 6.73. The number of carbonyl (C=O) groups is 1. The van der Waals surface area contributed by atoms with Gasteiger partial charge in [-0.1, -0.05) is 23.8 Å². The molecule has 3 aromatic rings. The third-order valence-corrected chi connectivity index (χ3v) is 7.09. The lowest BCUT2D eigenvalue weighted by atomic mass is 10.2. The number of sulfonamides is 1. The monoisotopic (exact) mass is 476 g/mol. The van der Waals surface area contributed by atoms with Crippen molar-refractivity contribution in [3.8, 4) is 5.69 Å². The van der Waals surface area contributed by atoms with Gasteiger partial charge < -0.3 is 9.88 Å². The minimum Gasteiger partial charge on any atom is -0.322 e. The van der Waals surface area contributed by atoms with E-state index in [9.17, 15) is 13.2 Å². The van der Waals surface area contributed by atoms with Crippen LogP contribution >= 0.6 is 0 Å². The minimum absolute atomic E-state index is 0.0746. The largest absolute Gasteiger partial charge is 0.322 e. The van der Waals surface area contributed by atoms with Crippen LogP contribution < -0.4 is 10.0 Å². The Balaban J connectivity index is 1.47. The van der Waals surface area contributed by atoms with Crippen LogP contribution in [0.5, 0.6) is 0 Å². The standard InChI is InChI=1S/C26H28N4O3S/c1-18-9-12-23(13-10-18)30-19(2)16-21(20(30)3)11-14-26(31)28-22-6-4-7-24(17-22)34(32,33)29-25-8-5-15-27-25/h4,6-7,9-14,16-17H,5,8,15H2,1-3H3,(H,27,29)(H,28,31)/b14-11+. The predicted octanol–water partition coefficient (Wildman–Crippen LogP) is 4.53. The summed E-state index contributed by atoms with van der Waals surface area (Å²) in [7, 11) is -3.75. The summed E-state index contributed by atoms with van der Waals surface area (Å²) in [4.78, 5) is 16.8. The van der Waals surface area contributed by atoms with Crippen molar-refractivity contribution in [2.45, 2.75) is 38.5 Å². The molecule has 1 aliphatic heterocycles. The molecule has 8 heteroatoms. The number of rotatable bonds is 6. The second kappa shape index (κ2) is 9.69. The zero-order valence-corrected chi connectivity index (χ0v) is 20.3. The number of aryl methyl sites for hydroxylation is 2. The van der Waals surface area contributed by atoms with E-state index in [0.717, 1.165) is 29.1 Å². The quantitative estimate of drug-likeness (QED) is 0.512. The van der Waals surface area contributed by atoms with E-state index in [4.69, 9.17) is 0 Å². The molecule has 2 N–H and O–H groups in total. The molecule has 1 amide bonds. The second-order valence-corrected chi connectivity index (χ2v) is 10.1.